The molecular weight excluding hydrogens is 704 g/mol. The molecule has 0 radical (unpaired) electrons. The summed E-state index contributed by atoms with van der Waals surface area (Å²) in [6.07, 6.45) is -0.756. The van der Waals surface area contributed by atoms with Crippen LogP contribution in [-0.4, -0.2) is 78.0 Å². The molecule has 0 bridgehead atoms. The summed E-state index contributed by atoms with van der Waals surface area (Å²) >= 11 is 0. The largest absolute Gasteiger partial charge is 0.349 e. The smallest absolute Gasteiger partial charge is 0.348 e. The third-order valence-electron chi connectivity index (χ3n) is 8.17. The van der Waals surface area contributed by atoms with Gasteiger partial charge >= 0.3 is 30.4 Å². The first-order valence-electron chi connectivity index (χ1n) is 16.1. The Morgan fingerprint density at radius 2 is 0.583 bits per heavy atom. The van der Waals surface area contributed by atoms with Crippen molar-refractivity contribution in [1.82, 2.24) is 0 Å². The van der Waals surface area contributed by atoms with Gasteiger partial charge in [0.05, 0.1) is 52.9 Å². The van der Waals surface area contributed by atoms with E-state index in [1.54, 1.807) is 34.1 Å². The molecule has 4 aliphatic heterocycles. The SMILES string of the molecule is CC1(C)COP(=O)(CN(CP2(=O)OCC(C)(C)CO2)c2ccc(N(CP3(=O)OCC(C)(C)CO3)CP3(=O)OCC(C)(C)CO3)cc2)OC1. The van der Waals surface area contributed by atoms with Crippen LogP contribution in [0.25, 0.3) is 0 Å². The maximum atomic E-state index is 13.8. The van der Waals surface area contributed by atoms with Crippen molar-refractivity contribution in [2.45, 2.75) is 55.4 Å². The minimum atomic E-state index is -3.61. The standard InChI is InChI=1S/C30H52N2O12P4/c1-27(2)13-37-45(33,38-14-27)21-31(22-46(34)39-15-28(3,4)16-40-46)25-9-11-26(12-10-25)32(23-47(35)41-17-29(5,6)18-42-47)24-48(36)43-19-30(7,8)20-44-48/h9-12H,13-24H2,1-8H3. The highest BCUT2D eigenvalue weighted by Gasteiger charge is 2.44. The molecule has 48 heavy (non-hydrogen) atoms. The molecule has 0 spiro atoms. The maximum Gasteiger partial charge on any atom is 0.349 e. The number of hydrogen-bond donors (Lipinski definition) is 0. The van der Waals surface area contributed by atoms with E-state index >= 15 is 0 Å². The van der Waals surface area contributed by atoms with Gasteiger partial charge in [-0.25, -0.2) is 0 Å². The highest BCUT2D eigenvalue weighted by atomic mass is 31.2. The van der Waals surface area contributed by atoms with Crippen molar-refractivity contribution in [1.29, 1.82) is 0 Å². The molecule has 4 saturated heterocycles. The topological polar surface area (TPSA) is 149 Å². The van der Waals surface area contributed by atoms with Crippen molar-refractivity contribution in [3.8, 4) is 0 Å². The molecule has 1 aromatic rings. The summed E-state index contributed by atoms with van der Waals surface area (Å²) in [5.41, 5.74) is -0.132. The lowest BCUT2D eigenvalue weighted by molar-refractivity contribution is 0.0391. The Kier molecular flexibility index (Phi) is 11.1. The number of anilines is 2. The lowest BCUT2D eigenvalue weighted by Crippen LogP contribution is -2.37. The molecular formula is C30H52N2O12P4. The third kappa shape index (κ3) is 10.3. The van der Waals surface area contributed by atoms with Crippen LogP contribution in [0.4, 0.5) is 11.4 Å². The van der Waals surface area contributed by atoms with Crippen molar-refractivity contribution < 1.29 is 54.5 Å². The van der Waals surface area contributed by atoms with E-state index in [1.165, 1.54) is 0 Å². The normalized spacial score (nSPS) is 27.8. The van der Waals surface area contributed by atoms with Gasteiger partial charge in [0, 0.05) is 33.0 Å². The highest BCUT2D eigenvalue weighted by molar-refractivity contribution is 7.55. The van der Waals surface area contributed by atoms with Gasteiger partial charge in [-0.05, 0) is 24.3 Å². The summed E-state index contributed by atoms with van der Waals surface area (Å²) in [7, 11) is -14.5. The summed E-state index contributed by atoms with van der Waals surface area (Å²) in [4.78, 5) is 3.25. The van der Waals surface area contributed by atoms with Crippen molar-refractivity contribution >= 4 is 41.8 Å². The molecule has 0 atom stereocenters. The molecule has 5 rings (SSSR count). The molecule has 0 amide bonds. The van der Waals surface area contributed by atoms with Gasteiger partial charge in [-0.3, -0.25) is 18.3 Å². The van der Waals surface area contributed by atoms with Crippen LogP contribution in [0.2, 0.25) is 0 Å². The zero-order chi connectivity index (χ0) is 35.3. The second-order valence-corrected chi connectivity index (χ2v) is 24.5. The predicted octanol–water partition coefficient (Wildman–Crippen LogP) is 8.19. The Labute approximate surface area is 284 Å². The van der Waals surface area contributed by atoms with Crippen molar-refractivity contribution in [3.63, 3.8) is 0 Å². The lowest BCUT2D eigenvalue weighted by atomic mass is 9.97. The second-order valence-electron chi connectivity index (χ2n) is 16.4. The van der Waals surface area contributed by atoms with E-state index in [4.69, 9.17) is 36.2 Å². The van der Waals surface area contributed by atoms with Crippen molar-refractivity contribution in [2.75, 3.05) is 87.8 Å². The van der Waals surface area contributed by atoms with Crippen LogP contribution in [-0.2, 0) is 54.5 Å². The van der Waals surface area contributed by atoms with Gasteiger partial charge in [-0.15, -0.1) is 0 Å². The monoisotopic (exact) mass is 756 g/mol. The first-order chi connectivity index (χ1) is 22.0. The van der Waals surface area contributed by atoms with Crippen LogP contribution >= 0.6 is 30.4 Å². The molecule has 0 unspecified atom stereocenters. The van der Waals surface area contributed by atoms with E-state index in [2.05, 4.69) is 0 Å². The maximum absolute atomic E-state index is 13.8. The van der Waals surface area contributed by atoms with E-state index in [0.717, 1.165) is 0 Å². The first-order valence-corrected chi connectivity index (χ1v) is 23.0. The predicted molar refractivity (Wildman–Crippen MR) is 184 cm³/mol. The molecule has 14 nitrogen and oxygen atoms in total. The van der Waals surface area contributed by atoms with Crippen LogP contribution in [0.3, 0.4) is 0 Å². The Morgan fingerprint density at radius 1 is 0.417 bits per heavy atom. The van der Waals surface area contributed by atoms with Crippen LogP contribution < -0.4 is 9.80 Å². The summed E-state index contributed by atoms with van der Waals surface area (Å²) in [6, 6.07) is 6.91. The number of benzene rings is 1. The van der Waals surface area contributed by atoms with Gasteiger partial charge in [0.15, 0.2) is 0 Å². The van der Waals surface area contributed by atoms with E-state index in [0.29, 0.717) is 11.4 Å². The average molecular weight is 757 g/mol. The zero-order valence-corrected chi connectivity index (χ0v) is 33.0. The summed E-state index contributed by atoms with van der Waals surface area (Å²) in [5, 5.41) is 0. The Morgan fingerprint density at radius 3 is 0.750 bits per heavy atom. The highest BCUT2D eigenvalue weighted by Crippen LogP contribution is 2.60. The zero-order valence-electron chi connectivity index (χ0n) is 29.4. The minimum Gasteiger partial charge on any atom is -0.348 e. The quantitative estimate of drug-likeness (QED) is 0.211. The van der Waals surface area contributed by atoms with Gasteiger partial charge in [0.2, 0.25) is 0 Å². The number of hydrogen-bond acceptors (Lipinski definition) is 14. The minimum absolute atomic E-state index is 0.189. The van der Waals surface area contributed by atoms with E-state index < -0.39 is 30.4 Å². The van der Waals surface area contributed by atoms with E-state index in [-0.39, 0.29) is 99.7 Å². The summed E-state index contributed by atoms with van der Waals surface area (Å²) < 4.78 is 101. The molecule has 274 valence electrons. The van der Waals surface area contributed by atoms with Crippen LogP contribution in [0.1, 0.15) is 55.4 Å². The Hall–Kier alpha value is -0.580. The molecule has 0 saturated carbocycles. The third-order valence-corrected chi connectivity index (χ3v) is 15.1. The number of nitrogens with zero attached hydrogens (tertiary/aromatic N) is 2. The van der Waals surface area contributed by atoms with E-state index in [1.807, 2.05) is 55.4 Å². The molecule has 4 aliphatic rings. The number of rotatable bonds is 10. The van der Waals surface area contributed by atoms with Gasteiger partial charge in [0.1, 0.15) is 25.1 Å². The van der Waals surface area contributed by atoms with Gasteiger partial charge in [-0.1, -0.05) is 55.4 Å². The Balaban J connectivity index is 1.41. The van der Waals surface area contributed by atoms with E-state index in [9.17, 15) is 18.3 Å². The molecule has 18 heteroatoms. The molecule has 0 N–H and O–H groups in total. The van der Waals surface area contributed by atoms with Gasteiger partial charge in [0.25, 0.3) is 0 Å². The molecule has 0 aromatic heterocycles. The first kappa shape index (κ1) is 38.6. The average Bonchev–Trinajstić information content (AvgIpc) is 3.00. The van der Waals surface area contributed by atoms with Crippen LogP contribution in [0, 0.1) is 21.7 Å². The van der Waals surface area contributed by atoms with Gasteiger partial charge < -0.3 is 46.0 Å². The fourth-order valence-electron chi connectivity index (χ4n) is 4.95. The lowest BCUT2D eigenvalue weighted by Gasteiger charge is -2.40. The Bertz CT molecular complexity index is 1260. The molecule has 0 aliphatic carbocycles. The fourth-order valence-corrected chi connectivity index (χ4v) is 13.3. The molecule has 4 heterocycles. The molecule has 1 aromatic carbocycles. The summed E-state index contributed by atoms with van der Waals surface area (Å²) in [6.45, 7) is 17.6. The second kappa shape index (κ2) is 13.8. The van der Waals surface area contributed by atoms with Gasteiger partial charge in [-0.2, -0.15) is 0 Å². The van der Waals surface area contributed by atoms with Crippen molar-refractivity contribution in [2.24, 2.45) is 21.7 Å². The summed E-state index contributed by atoms with van der Waals surface area (Å²) in [5.74, 6) is 0. The van der Waals surface area contributed by atoms with Crippen LogP contribution in [0.15, 0.2) is 24.3 Å². The van der Waals surface area contributed by atoms with Crippen LogP contribution in [0.5, 0.6) is 0 Å². The molecule has 4 fully saturated rings. The fraction of sp³-hybridized carbons (Fsp3) is 0.800. The van der Waals surface area contributed by atoms with Crippen molar-refractivity contribution in [3.05, 3.63) is 24.3 Å².